The second-order valence-corrected chi connectivity index (χ2v) is 8.74. The Bertz CT molecular complexity index is 987. The fourth-order valence-electron chi connectivity index (χ4n) is 2.98. The third kappa shape index (κ3) is 5.90. The Hall–Kier alpha value is -2.71. The molecule has 0 radical (unpaired) electrons. The number of carbonyl (C=O) groups is 1. The predicted octanol–water partition coefficient (Wildman–Crippen LogP) is 4.38. The van der Waals surface area contributed by atoms with Crippen LogP contribution in [0.5, 0.6) is 11.5 Å². The molecule has 0 bridgehead atoms. The lowest BCUT2D eigenvalue weighted by molar-refractivity contribution is -0.122. The van der Waals surface area contributed by atoms with Crippen molar-refractivity contribution in [3.8, 4) is 22.8 Å². The Balaban J connectivity index is 1.69. The van der Waals surface area contributed by atoms with Crippen LogP contribution in [0.3, 0.4) is 0 Å². The Kier molecular flexibility index (Phi) is 7.59. The van der Waals surface area contributed by atoms with Crippen LogP contribution in [0.1, 0.15) is 17.5 Å². The molecule has 0 spiro atoms. The van der Waals surface area contributed by atoms with Crippen molar-refractivity contribution < 1.29 is 15.0 Å². The van der Waals surface area contributed by atoms with Crippen LogP contribution in [-0.4, -0.2) is 39.2 Å². The molecule has 1 aromatic heterocycles. The van der Waals surface area contributed by atoms with Crippen molar-refractivity contribution in [3.63, 3.8) is 0 Å². The average molecular weight is 444 g/mol. The van der Waals surface area contributed by atoms with Crippen LogP contribution in [-0.2, 0) is 11.3 Å². The van der Waals surface area contributed by atoms with Gasteiger partial charge in [-0.3, -0.25) is 4.79 Å². The number of thioether (sulfide) groups is 1. The predicted molar refractivity (Wildman–Crippen MR) is 124 cm³/mol. The van der Waals surface area contributed by atoms with Gasteiger partial charge in [-0.05, 0) is 48.6 Å². The van der Waals surface area contributed by atoms with Crippen molar-refractivity contribution in [1.82, 2.24) is 10.3 Å². The zero-order valence-electron chi connectivity index (χ0n) is 16.9. The Morgan fingerprint density at radius 1 is 1.20 bits per heavy atom. The standard InChI is InChI=1S/C22H25N3O3S2/c1-14-5-3-4-6-15(14)12-23-21(28)19(7-8-29-2)24-22-25-20(13-30-22)16-9-17(26)11-18(27)10-16/h3-6,9-11,13,19,26-27H,7-8,12H2,1-2H3,(H,23,28)(H,24,25)/t19-/m1/s1. The van der Waals surface area contributed by atoms with Crippen LogP contribution < -0.4 is 10.6 Å². The van der Waals surface area contributed by atoms with E-state index < -0.39 is 6.04 Å². The molecule has 2 aromatic carbocycles. The van der Waals surface area contributed by atoms with Gasteiger partial charge < -0.3 is 20.8 Å². The monoisotopic (exact) mass is 443 g/mol. The number of aromatic hydroxyl groups is 2. The van der Waals surface area contributed by atoms with Gasteiger partial charge in [0.15, 0.2) is 5.13 Å². The first kappa shape index (κ1) is 22.0. The number of aromatic nitrogens is 1. The zero-order valence-corrected chi connectivity index (χ0v) is 18.5. The third-order valence-corrected chi connectivity index (χ3v) is 6.06. The van der Waals surface area contributed by atoms with E-state index in [0.29, 0.717) is 29.4 Å². The smallest absolute Gasteiger partial charge is 0.242 e. The molecule has 1 heterocycles. The largest absolute Gasteiger partial charge is 0.508 e. The van der Waals surface area contributed by atoms with Crippen LogP contribution in [0.15, 0.2) is 47.8 Å². The Morgan fingerprint density at radius 2 is 1.93 bits per heavy atom. The second kappa shape index (κ2) is 10.4. The lowest BCUT2D eigenvalue weighted by Crippen LogP contribution is -2.39. The highest BCUT2D eigenvalue weighted by molar-refractivity contribution is 7.98. The molecule has 0 aliphatic carbocycles. The Morgan fingerprint density at radius 3 is 2.63 bits per heavy atom. The van der Waals surface area contributed by atoms with E-state index in [1.54, 1.807) is 23.9 Å². The quantitative estimate of drug-likeness (QED) is 0.392. The van der Waals surface area contributed by atoms with Crippen LogP contribution in [0.25, 0.3) is 11.3 Å². The van der Waals surface area contributed by atoms with Gasteiger partial charge in [-0.25, -0.2) is 4.98 Å². The van der Waals surface area contributed by atoms with Crippen LogP contribution >= 0.6 is 23.1 Å². The van der Waals surface area contributed by atoms with Gasteiger partial charge in [0, 0.05) is 23.6 Å². The van der Waals surface area contributed by atoms with Crippen LogP contribution in [0, 0.1) is 6.92 Å². The highest BCUT2D eigenvalue weighted by atomic mass is 32.2. The summed E-state index contributed by atoms with van der Waals surface area (Å²) in [7, 11) is 0. The summed E-state index contributed by atoms with van der Waals surface area (Å²) >= 11 is 3.07. The number of phenols is 2. The van der Waals surface area contributed by atoms with Crippen LogP contribution in [0.4, 0.5) is 5.13 Å². The molecule has 0 fully saturated rings. The van der Waals surface area contributed by atoms with E-state index in [4.69, 9.17) is 0 Å². The van der Waals surface area contributed by atoms with E-state index in [2.05, 4.69) is 15.6 Å². The van der Waals surface area contributed by atoms with E-state index in [-0.39, 0.29) is 17.4 Å². The molecule has 6 nitrogen and oxygen atoms in total. The number of hydrogen-bond acceptors (Lipinski definition) is 7. The topological polar surface area (TPSA) is 94.5 Å². The summed E-state index contributed by atoms with van der Waals surface area (Å²) < 4.78 is 0. The number of phenolic OH excluding ortho intramolecular Hbond substituents is 2. The van der Waals surface area contributed by atoms with E-state index in [0.717, 1.165) is 16.9 Å². The molecule has 4 N–H and O–H groups in total. The van der Waals surface area contributed by atoms with Crippen molar-refractivity contribution in [1.29, 1.82) is 0 Å². The number of amides is 1. The molecule has 3 aromatic rings. The van der Waals surface area contributed by atoms with Crippen molar-refractivity contribution in [3.05, 3.63) is 59.0 Å². The first-order valence-corrected chi connectivity index (χ1v) is 11.8. The first-order valence-electron chi connectivity index (χ1n) is 9.53. The molecule has 30 heavy (non-hydrogen) atoms. The molecular weight excluding hydrogens is 418 g/mol. The van der Waals surface area contributed by atoms with Crippen molar-refractivity contribution >= 4 is 34.1 Å². The number of hydrogen-bond donors (Lipinski definition) is 4. The molecule has 0 aliphatic heterocycles. The minimum Gasteiger partial charge on any atom is -0.508 e. The summed E-state index contributed by atoms with van der Waals surface area (Å²) in [5.41, 5.74) is 3.47. The lowest BCUT2D eigenvalue weighted by Gasteiger charge is -2.18. The maximum Gasteiger partial charge on any atom is 0.242 e. The number of nitrogens with zero attached hydrogens (tertiary/aromatic N) is 1. The first-order chi connectivity index (χ1) is 14.5. The van der Waals surface area contributed by atoms with Gasteiger partial charge in [-0.2, -0.15) is 11.8 Å². The fourth-order valence-corrected chi connectivity index (χ4v) is 4.23. The van der Waals surface area contributed by atoms with Gasteiger partial charge in [0.05, 0.1) is 5.69 Å². The molecule has 0 saturated carbocycles. The van der Waals surface area contributed by atoms with E-state index in [9.17, 15) is 15.0 Å². The van der Waals surface area contributed by atoms with Gasteiger partial charge in [0.25, 0.3) is 0 Å². The summed E-state index contributed by atoms with van der Waals surface area (Å²) in [6.45, 7) is 2.51. The minimum absolute atomic E-state index is 0.0269. The number of thiazole rings is 1. The molecule has 8 heteroatoms. The molecule has 0 aliphatic rings. The van der Waals surface area contributed by atoms with Gasteiger partial charge in [-0.15, -0.1) is 11.3 Å². The molecule has 0 saturated heterocycles. The number of aryl methyl sites for hydroxylation is 1. The van der Waals surface area contributed by atoms with Gasteiger partial charge in [-0.1, -0.05) is 24.3 Å². The molecule has 1 amide bonds. The average Bonchev–Trinajstić information content (AvgIpc) is 3.18. The van der Waals surface area contributed by atoms with E-state index in [1.165, 1.54) is 17.4 Å². The molecule has 158 valence electrons. The van der Waals surface area contributed by atoms with E-state index >= 15 is 0 Å². The molecule has 0 unspecified atom stereocenters. The normalized spacial score (nSPS) is 11.8. The number of rotatable bonds is 9. The van der Waals surface area contributed by atoms with Crippen molar-refractivity contribution in [2.75, 3.05) is 17.3 Å². The Labute approximate surface area is 184 Å². The number of carbonyl (C=O) groups excluding carboxylic acids is 1. The second-order valence-electron chi connectivity index (χ2n) is 6.90. The highest BCUT2D eigenvalue weighted by Gasteiger charge is 2.19. The summed E-state index contributed by atoms with van der Waals surface area (Å²) in [6.07, 6.45) is 2.68. The zero-order chi connectivity index (χ0) is 21.5. The minimum atomic E-state index is -0.405. The van der Waals surface area contributed by atoms with Crippen molar-refractivity contribution in [2.24, 2.45) is 0 Å². The van der Waals surface area contributed by atoms with Gasteiger partial charge in [0.2, 0.25) is 5.91 Å². The van der Waals surface area contributed by atoms with Crippen molar-refractivity contribution in [2.45, 2.75) is 25.9 Å². The third-order valence-electron chi connectivity index (χ3n) is 4.64. The number of benzene rings is 2. The van der Waals surface area contributed by atoms with Gasteiger partial charge >= 0.3 is 0 Å². The summed E-state index contributed by atoms with van der Waals surface area (Å²) in [5.74, 6) is 0.717. The fraction of sp³-hybridized carbons (Fsp3) is 0.273. The summed E-state index contributed by atoms with van der Waals surface area (Å²) in [5, 5.41) is 28.1. The maximum absolute atomic E-state index is 12.8. The lowest BCUT2D eigenvalue weighted by atomic mass is 10.1. The van der Waals surface area contributed by atoms with E-state index in [1.807, 2.05) is 42.8 Å². The summed E-state index contributed by atoms with van der Waals surface area (Å²) in [6, 6.07) is 11.9. The summed E-state index contributed by atoms with van der Waals surface area (Å²) in [4.78, 5) is 17.4. The molecular formula is C22H25N3O3S2. The SMILES string of the molecule is CSCC[C@@H](Nc1nc(-c2cc(O)cc(O)c2)cs1)C(=O)NCc1ccccc1C. The maximum atomic E-state index is 12.8. The molecule has 1 atom stereocenters. The van der Waals surface area contributed by atoms with Crippen LogP contribution in [0.2, 0.25) is 0 Å². The highest BCUT2D eigenvalue weighted by Crippen LogP contribution is 2.31. The van der Waals surface area contributed by atoms with Gasteiger partial charge in [0.1, 0.15) is 17.5 Å². The molecule has 3 rings (SSSR count). The number of nitrogens with one attached hydrogen (secondary N) is 2. The number of anilines is 1.